The summed E-state index contributed by atoms with van der Waals surface area (Å²) in [5.74, 6) is -0.443. The molecule has 0 aliphatic heterocycles. The van der Waals surface area contributed by atoms with Crippen molar-refractivity contribution in [2.75, 3.05) is 4.31 Å². The fourth-order valence-corrected chi connectivity index (χ4v) is 6.08. The van der Waals surface area contributed by atoms with Gasteiger partial charge in [-0.2, -0.15) is 0 Å². The second-order valence-corrected chi connectivity index (χ2v) is 11.9. The number of pyridine rings is 1. The second kappa shape index (κ2) is 9.54. The third-order valence-corrected chi connectivity index (χ3v) is 8.46. The van der Waals surface area contributed by atoms with Crippen LogP contribution in [0.4, 0.5) is 10.1 Å². The second-order valence-electron chi connectivity index (χ2n) is 10.1. The molecule has 0 aliphatic carbocycles. The number of rotatable bonds is 7. The molecule has 5 nitrogen and oxygen atoms in total. The van der Waals surface area contributed by atoms with E-state index < -0.39 is 21.9 Å². The van der Waals surface area contributed by atoms with Crippen molar-refractivity contribution < 1.29 is 12.8 Å². The van der Waals surface area contributed by atoms with E-state index >= 15 is 0 Å². The molecule has 0 saturated heterocycles. The Labute approximate surface area is 212 Å². The zero-order valence-corrected chi connectivity index (χ0v) is 22.2. The minimum Gasteiger partial charge on any atom is -0.357 e. The number of fused-ring (bicyclic) bond motifs is 1. The van der Waals surface area contributed by atoms with Gasteiger partial charge in [-0.15, -0.1) is 6.58 Å². The molecule has 188 valence electrons. The minimum absolute atomic E-state index is 0.118. The molecule has 7 heteroatoms. The van der Waals surface area contributed by atoms with Crippen molar-refractivity contribution >= 4 is 26.6 Å². The molecule has 0 amide bonds. The van der Waals surface area contributed by atoms with Crippen LogP contribution in [0.1, 0.15) is 55.7 Å². The van der Waals surface area contributed by atoms with E-state index in [4.69, 9.17) is 0 Å². The summed E-state index contributed by atoms with van der Waals surface area (Å²) in [6.07, 6.45) is 3.68. The molecule has 4 aromatic rings. The van der Waals surface area contributed by atoms with Gasteiger partial charge in [0, 0.05) is 17.3 Å². The SMILES string of the molecule is C=CCC(c1nccc2c(C)c(C)[nH]c12)N(c1ccc(F)cc1)S(=O)(=O)c1ccc(C(C)(C)C)cc1. The lowest BCUT2D eigenvalue weighted by Gasteiger charge is -2.32. The quantitative estimate of drug-likeness (QED) is 0.272. The van der Waals surface area contributed by atoms with Crippen LogP contribution < -0.4 is 4.31 Å². The van der Waals surface area contributed by atoms with Gasteiger partial charge in [0.2, 0.25) is 0 Å². The van der Waals surface area contributed by atoms with Gasteiger partial charge >= 0.3 is 0 Å². The molecule has 0 radical (unpaired) electrons. The van der Waals surface area contributed by atoms with E-state index in [1.54, 1.807) is 24.4 Å². The molecule has 2 heterocycles. The van der Waals surface area contributed by atoms with E-state index in [-0.39, 0.29) is 10.3 Å². The number of hydrogen-bond acceptors (Lipinski definition) is 3. The number of nitrogens with zero attached hydrogens (tertiary/aromatic N) is 2. The molecule has 1 unspecified atom stereocenters. The lowest BCUT2D eigenvalue weighted by Crippen LogP contribution is -2.35. The molecule has 0 spiro atoms. The normalized spacial score (nSPS) is 13.1. The van der Waals surface area contributed by atoms with E-state index in [0.717, 1.165) is 27.7 Å². The number of benzene rings is 2. The summed E-state index contributed by atoms with van der Waals surface area (Å²) >= 11 is 0. The predicted octanol–water partition coefficient (Wildman–Crippen LogP) is 7.13. The van der Waals surface area contributed by atoms with Gasteiger partial charge in [0.1, 0.15) is 5.82 Å². The van der Waals surface area contributed by atoms with E-state index in [1.165, 1.54) is 28.6 Å². The number of hydrogen-bond donors (Lipinski definition) is 1. The third kappa shape index (κ3) is 4.67. The van der Waals surface area contributed by atoms with Crippen LogP contribution in [0.5, 0.6) is 0 Å². The first kappa shape index (κ1) is 25.6. The topological polar surface area (TPSA) is 66.1 Å². The van der Waals surface area contributed by atoms with Gasteiger partial charge in [-0.25, -0.2) is 12.8 Å². The molecule has 2 aromatic heterocycles. The predicted molar refractivity (Wildman–Crippen MR) is 144 cm³/mol. The van der Waals surface area contributed by atoms with Crippen LogP contribution in [0.2, 0.25) is 0 Å². The Bertz CT molecular complexity index is 1500. The van der Waals surface area contributed by atoms with Crippen molar-refractivity contribution in [3.8, 4) is 0 Å². The Morgan fingerprint density at radius 1 is 1.06 bits per heavy atom. The maximum atomic E-state index is 14.2. The fraction of sp³-hybridized carbons (Fsp3) is 0.276. The smallest absolute Gasteiger partial charge is 0.264 e. The number of aryl methyl sites for hydroxylation is 2. The summed E-state index contributed by atoms with van der Waals surface area (Å²) in [5, 5.41) is 0.984. The van der Waals surface area contributed by atoms with Gasteiger partial charge in [0.25, 0.3) is 10.0 Å². The summed E-state index contributed by atoms with van der Waals surface area (Å²) in [6.45, 7) is 14.1. The zero-order valence-electron chi connectivity index (χ0n) is 21.3. The number of aromatic nitrogens is 2. The first-order valence-corrected chi connectivity index (χ1v) is 13.3. The number of nitrogens with one attached hydrogen (secondary N) is 1. The average molecular weight is 506 g/mol. The summed E-state index contributed by atoms with van der Waals surface area (Å²) in [5.41, 5.74) is 4.70. The lowest BCUT2D eigenvalue weighted by atomic mass is 9.87. The molecule has 1 atom stereocenters. The Morgan fingerprint density at radius 3 is 2.28 bits per heavy atom. The summed E-state index contributed by atoms with van der Waals surface area (Å²) < 4.78 is 43.7. The standard InChI is InChI=1S/C29H32FN3O2S/c1-7-8-26(28-27-25(17-18-31-28)19(2)20(3)32-27)33(23-13-11-22(30)12-14-23)36(34,35)24-15-9-21(10-16-24)29(4,5)6/h7,9-18,26,32H,1,8H2,2-6H3. The van der Waals surface area contributed by atoms with E-state index in [2.05, 4.69) is 37.3 Å². The van der Waals surface area contributed by atoms with Crippen LogP contribution in [0.15, 0.2) is 78.3 Å². The number of sulfonamides is 1. The van der Waals surface area contributed by atoms with Crippen molar-refractivity contribution in [2.45, 2.75) is 57.4 Å². The molecule has 0 saturated carbocycles. The first-order chi connectivity index (χ1) is 16.9. The van der Waals surface area contributed by atoms with Gasteiger partial charge in [0.05, 0.1) is 27.8 Å². The van der Waals surface area contributed by atoms with Gasteiger partial charge in [-0.1, -0.05) is 39.0 Å². The molecule has 0 fully saturated rings. The van der Waals surface area contributed by atoms with E-state index in [0.29, 0.717) is 17.8 Å². The third-order valence-electron chi connectivity index (χ3n) is 6.61. The van der Waals surface area contributed by atoms with Crippen LogP contribution in [0.3, 0.4) is 0 Å². The monoisotopic (exact) mass is 505 g/mol. The zero-order chi connectivity index (χ0) is 26.3. The van der Waals surface area contributed by atoms with Crippen molar-refractivity contribution in [3.05, 3.63) is 102 Å². The van der Waals surface area contributed by atoms with Crippen LogP contribution in [-0.4, -0.2) is 18.4 Å². The molecule has 0 aliphatic rings. The highest BCUT2D eigenvalue weighted by molar-refractivity contribution is 7.92. The van der Waals surface area contributed by atoms with Crippen LogP contribution in [0, 0.1) is 19.7 Å². The van der Waals surface area contributed by atoms with Crippen LogP contribution >= 0.6 is 0 Å². The maximum absolute atomic E-state index is 14.2. The van der Waals surface area contributed by atoms with Crippen molar-refractivity contribution in [2.24, 2.45) is 0 Å². The first-order valence-electron chi connectivity index (χ1n) is 11.9. The van der Waals surface area contributed by atoms with Crippen LogP contribution in [0.25, 0.3) is 10.9 Å². The Morgan fingerprint density at radius 2 is 1.69 bits per heavy atom. The van der Waals surface area contributed by atoms with Crippen molar-refractivity contribution in [1.82, 2.24) is 9.97 Å². The molecule has 1 N–H and O–H groups in total. The van der Waals surface area contributed by atoms with Crippen molar-refractivity contribution in [3.63, 3.8) is 0 Å². The number of anilines is 1. The highest BCUT2D eigenvalue weighted by Crippen LogP contribution is 2.38. The van der Waals surface area contributed by atoms with Gasteiger partial charge in [-0.3, -0.25) is 9.29 Å². The largest absolute Gasteiger partial charge is 0.357 e. The number of aromatic amines is 1. The molecular weight excluding hydrogens is 473 g/mol. The molecule has 2 aromatic carbocycles. The molecule has 36 heavy (non-hydrogen) atoms. The number of halogens is 1. The van der Waals surface area contributed by atoms with E-state index in [9.17, 15) is 12.8 Å². The maximum Gasteiger partial charge on any atom is 0.264 e. The van der Waals surface area contributed by atoms with Gasteiger partial charge in [0.15, 0.2) is 0 Å². The molecular formula is C29H32FN3O2S. The van der Waals surface area contributed by atoms with Gasteiger partial charge < -0.3 is 4.98 Å². The van der Waals surface area contributed by atoms with E-state index in [1.807, 2.05) is 32.0 Å². The number of H-pyrrole nitrogens is 1. The van der Waals surface area contributed by atoms with Gasteiger partial charge in [-0.05, 0) is 79.3 Å². The lowest BCUT2D eigenvalue weighted by molar-refractivity contribution is 0.573. The minimum atomic E-state index is -4.06. The molecule has 4 rings (SSSR count). The Kier molecular flexibility index (Phi) is 6.80. The van der Waals surface area contributed by atoms with Crippen molar-refractivity contribution in [1.29, 1.82) is 0 Å². The highest BCUT2D eigenvalue weighted by Gasteiger charge is 2.35. The Hall–Kier alpha value is -3.45. The van der Waals surface area contributed by atoms with Crippen LogP contribution in [-0.2, 0) is 15.4 Å². The summed E-state index contributed by atoms with van der Waals surface area (Å²) in [7, 11) is -4.06. The summed E-state index contributed by atoms with van der Waals surface area (Å²) in [6, 6.07) is 13.7. The fourth-order valence-electron chi connectivity index (χ4n) is 4.45. The average Bonchev–Trinajstić information content (AvgIpc) is 3.13. The Balaban J connectivity index is 1.95. The highest BCUT2D eigenvalue weighted by atomic mass is 32.2. The molecule has 0 bridgehead atoms. The summed E-state index contributed by atoms with van der Waals surface area (Å²) in [4.78, 5) is 8.18.